The summed E-state index contributed by atoms with van der Waals surface area (Å²) in [6.45, 7) is 1.89. The quantitative estimate of drug-likeness (QED) is 0.291. The molecule has 7 nitrogen and oxygen atoms in total. The molecule has 48 heavy (non-hydrogen) atoms. The van der Waals surface area contributed by atoms with Gasteiger partial charge in [0.15, 0.2) is 0 Å². The minimum atomic E-state index is -4.66. The van der Waals surface area contributed by atoms with Crippen LogP contribution in [-0.2, 0) is 12.6 Å². The van der Waals surface area contributed by atoms with E-state index in [0.29, 0.717) is 55.2 Å². The van der Waals surface area contributed by atoms with Crippen molar-refractivity contribution in [2.24, 2.45) is 5.41 Å². The highest BCUT2D eigenvalue weighted by Gasteiger charge is 2.45. The highest BCUT2D eigenvalue weighted by molar-refractivity contribution is 6.33. The maximum absolute atomic E-state index is 13.9. The SMILES string of the molecule is O=C(Nc1ccc(Cl)cc1C(F)(F)F)N1CCC2(CC1)CCN(C(=O)c1ccc3c(c1)C(N(C(=O)c1ccccc1Cl)C1CC1)CC3)C2. The van der Waals surface area contributed by atoms with E-state index >= 15 is 0 Å². The third-order valence-corrected chi connectivity index (χ3v) is 11.0. The Morgan fingerprint density at radius 2 is 1.58 bits per heavy atom. The molecule has 7 rings (SSSR count). The van der Waals surface area contributed by atoms with Crippen LogP contribution in [0.4, 0.5) is 23.7 Å². The van der Waals surface area contributed by atoms with Crippen LogP contribution in [0.3, 0.4) is 0 Å². The maximum atomic E-state index is 13.9. The smallest absolute Gasteiger partial charge is 0.338 e. The summed E-state index contributed by atoms with van der Waals surface area (Å²) in [6, 6.07) is 15.7. The van der Waals surface area contributed by atoms with Gasteiger partial charge in [-0.2, -0.15) is 13.2 Å². The number of halogens is 5. The fourth-order valence-electron chi connectivity index (χ4n) is 7.63. The zero-order chi connectivity index (χ0) is 33.8. The molecule has 4 amide bonds. The van der Waals surface area contributed by atoms with Crippen LogP contribution < -0.4 is 5.32 Å². The molecule has 0 bridgehead atoms. The van der Waals surface area contributed by atoms with E-state index in [9.17, 15) is 27.6 Å². The number of hydrogen-bond acceptors (Lipinski definition) is 3. The summed E-state index contributed by atoms with van der Waals surface area (Å²) in [4.78, 5) is 46.0. The first-order chi connectivity index (χ1) is 22.9. The topological polar surface area (TPSA) is 73.0 Å². The molecule has 2 aliphatic heterocycles. The molecule has 0 aromatic heterocycles. The Balaban J connectivity index is 1.01. The Labute approximate surface area is 287 Å². The minimum Gasteiger partial charge on any atom is -0.338 e. The van der Waals surface area contributed by atoms with E-state index in [2.05, 4.69) is 5.32 Å². The van der Waals surface area contributed by atoms with E-state index in [1.807, 2.05) is 40.1 Å². The highest BCUT2D eigenvalue weighted by Crippen LogP contribution is 2.45. The molecule has 3 aromatic rings. The monoisotopic (exact) mass is 698 g/mol. The zero-order valence-electron chi connectivity index (χ0n) is 26.2. The third kappa shape index (κ3) is 6.36. The summed E-state index contributed by atoms with van der Waals surface area (Å²) in [6.07, 6.45) is 0.943. The standard InChI is InChI=1S/C36H35Cl2F3N4O3/c37-24-8-11-30(28(20-24)36(39,40)41)42-34(48)43-16-13-35(14-17-43)15-18-44(21-35)32(46)23-6-5-22-7-12-31(27(22)19-23)45(25-9-10-25)33(47)26-3-1-2-4-29(26)38/h1-6,8,11,19-20,25,31H,7,9-10,12-18,21H2,(H,42,48). The maximum Gasteiger partial charge on any atom is 0.418 e. The molecule has 2 aliphatic carbocycles. The molecule has 3 aromatic carbocycles. The number of amides is 4. The molecule has 2 saturated heterocycles. The van der Waals surface area contributed by atoms with Crippen molar-refractivity contribution < 1.29 is 27.6 Å². The summed E-state index contributed by atoms with van der Waals surface area (Å²) in [5, 5.41) is 2.78. The van der Waals surface area contributed by atoms with Crippen molar-refractivity contribution in [3.8, 4) is 0 Å². The summed E-state index contributed by atoms with van der Waals surface area (Å²) < 4.78 is 40.6. The molecule has 1 spiro atoms. The fraction of sp³-hybridized carbons (Fsp3) is 0.417. The molecule has 4 aliphatic rings. The van der Waals surface area contributed by atoms with Gasteiger partial charge in [0, 0.05) is 42.8 Å². The molecule has 1 unspecified atom stereocenters. The average Bonchev–Trinajstić information content (AvgIpc) is 3.69. The summed E-state index contributed by atoms with van der Waals surface area (Å²) in [7, 11) is 0. The molecule has 3 fully saturated rings. The van der Waals surface area contributed by atoms with Gasteiger partial charge in [-0.25, -0.2) is 4.79 Å². The van der Waals surface area contributed by atoms with Crippen LogP contribution in [-0.4, -0.2) is 64.8 Å². The zero-order valence-corrected chi connectivity index (χ0v) is 27.7. The van der Waals surface area contributed by atoms with E-state index in [0.717, 1.165) is 55.4 Å². The van der Waals surface area contributed by atoms with Crippen LogP contribution >= 0.6 is 23.2 Å². The van der Waals surface area contributed by atoms with Gasteiger partial charge in [0.2, 0.25) is 0 Å². The first kappa shape index (κ1) is 32.8. The van der Waals surface area contributed by atoms with Crippen LogP contribution in [0.1, 0.15) is 82.0 Å². The summed E-state index contributed by atoms with van der Waals surface area (Å²) in [5.74, 6) is -0.133. The number of alkyl halides is 3. The first-order valence-electron chi connectivity index (χ1n) is 16.3. The Morgan fingerprint density at radius 1 is 0.875 bits per heavy atom. The lowest BCUT2D eigenvalue weighted by atomic mass is 9.78. The molecule has 1 saturated carbocycles. The summed E-state index contributed by atoms with van der Waals surface area (Å²) >= 11 is 12.2. The number of anilines is 1. The van der Waals surface area contributed by atoms with Crippen LogP contribution in [0.2, 0.25) is 10.0 Å². The number of rotatable bonds is 5. The second kappa shape index (κ2) is 12.6. The van der Waals surface area contributed by atoms with Gasteiger partial charge >= 0.3 is 12.2 Å². The lowest BCUT2D eigenvalue weighted by molar-refractivity contribution is -0.136. The fourth-order valence-corrected chi connectivity index (χ4v) is 8.02. The molecular formula is C36H35Cl2F3N4O3. The number of carbonyl (C=O) groups is 3. The summed E-state index contributed by atoms with van der Waals surface area (Å²) in [5.41, 5.74) is 1.78. The average molecular weight is 700 g/mol. The third-order valence-electron chi connectivity index (χ3n) is 10.4. The molecule has 2 heterocycles. The minimum absolute atomic E-state index is 0.0571. The number of aryl methyl sites for hydroxylation is 1. The lowest BCUT2D eigenvalue weighted by Crippen LogP contribution is -2.46. The number of benzene rings is 3. The Morgan fingerprint density at radius 3 is 2.27 bits per heavy atom. The van der Waals surface area contributed by atoms with E-state index in [1.165, 1.54) is 11.0 Å². The normalized spacial score (nSPS) is 20.1. The van der Waals surface area contributed by atoms with E-state index in [1.54, 1.807) is 12.1 Å². The number of carbonyl (C=O) groups excluding carboxylic acids is 3. The van der Waals surface area contributed by atoms with Crippen molar-refractivity contribution >= 4 is 46.7 Å². The number of fused-ring (bicyclic) bond motifs is 1. The number of piperidine rings is 1. The van der Waals surface area contributed by atoms with Gasteiger partial charge in [0.05, 0.1) is 27.9 Å². The number of nitrogens with zero attached hydrogens (tertiary/aromatic N) is 3. The molecule has 1 atom stereocenters. The van der Waals surface area contributed by atoms with Gasteiger partial charge in [-0.1, -0.05) is 41.4 Å². The lowest BCUT2D eigenvalue weighted by Gasteiger charge is -2.39. The van der Waals surface area contributed by atoms with Crippen molar-refractivity contribution in [2.75, 3.05) is 31.5 Å². The van der Waals surface area contributed by atoms with Crippen molar-refractivity contribution in [3.63, 3.8) is 0 Å². The predicted octanol–water partition coefficient (Wildman–Crippen LogP) is 8.46. The van der Waals surface area contributed by atoms with Crippen molar-refractivity contribution in [3.05, 3.63) is 98.5 Å². The second-order valence-electron chi connectivity index (χ2n) is 13.5. The van der Waals surface area contributed by atoms with E-state index in [4.69, 9.17) is 23.2 Å². The Kier molecular flexibility index (Phi) is 8.60. The Bertz CT molecular complexity index is 1770. The number of hydrogen-bond donors (Lipinski definition) is 1. The predicted molar refractivity (Wildman–Crippen MR) is 177 cm³/mol. The van der Waals surface area contributed by atoms with E-state index < -0.39 is 17.8 Å². The van der Waals surface area contributed by atoms with Gasteiger partial charge in [0.25, 0.3) is 11.8 Å². The largest absolute Gasteiger partial charge is 0.418 e. The number of nitrogens with one attached hydrogen (secondary N) is 1. The highest BCUT2D eigenvalue weighted by atomic mass is 35.5. The molecule has 12 heteroatoms. The van der Waals surface area contributed by atoms with Crippen molar-refractivity contribution in [1.29, 1.82) is 0 Å². The molecular weight excluding hydrogens is 664 g/mol. The first-order valence-corrected chi connectivity index (χ1v) is 17.1. The van der Waals surface area contributed by atoms with Gasteiger partial charge < -0.3 is 20.0 Å². The van der Waals surface area contributed by atoms with Crippen LogP contribution in [0.5, 0.6) is 0 Å². The van der Waals surface area contributed by atoms with Crippen molar-refractivity contribution in [2.45, 2.75) is 63.2 Å². The number of urea groups is 1. The van der Waals surface area contributed by atoms with Gasteiger partial charge in [-0.05, 0) is 104 Å². The van der Waals surface area contributed by atoms with Gasteiger partial charge in [-0.15, -0.1) is 0 Å². The molecule has 1 N–H and O–H groups in total. The van der Waals surface area contributed by atoms with E-state index in [-0.39, 0.29) is 40.0 Å². The van der Waals surface area contributed by atoms with Crippen molar-refractivity contribution in [1.82, 2.24) is 14.7 Å². The second-order valence-corrected chi connectivity index (χ2v) is 14.3. The van der Waals surface area contributed by atoms with Crippen LogP contribution in [0, 0.1) is 5.41 Å². The number of likely N-dealkylation sites (tertiary alicyclic amines) is 2. The Hall–Kier alpha value is -3.76. The van der Waals surface area contributed by atoms with Gasteiger partial charge in [-0.3, -0.25) is 9.59 Å². The van der Waals surface area contributed by atoms with Gasteiger partial charge in [0.1, 0.15) is 0 Å². The molecule has 252 valence electrons. The molecule has 0 radical (unpaired) electrons. The van der Waals surface area contributed by atoms with Crippen LogP contribution in [0.15, 0.2) is 60.7 Å². The van der Waals surface area contributed by atoms with Crippen LogP contribution in [0.25, 0.3) is 0 Å².